The van der Waals surface area contributed by atoms with Crippen LogP contribution in [0.3, 0.4) is 0 Å². The van der Waals surface area contributed by atoms with Crippen molar-refractivity contribution >= 4 is 32.6 Å². The molecule has 0 spiro atoms. The molecule has 3 aromatic rings. The monoisotopic (exact) mass is 362 g/mol. The Balaban J connectivity index is 2.09. The van der Waals surface area contributed by atoms with Gasteiger partial charge in [0, 0.05) is 31.9 Å². The van der Waals surface area contributed by atoms with Gasteiger partial charge < -0.3 is 14.3 Å². The molecule has 0 aliphatic heterocycles. The molecule has 0 fully saturated rings. The van der Waals surface area contributed by atoms with Crippen LogP contribution in [0.15, 0.2) is 41.8 Å². The molecule has 0 unspecified atom stereocenters. The maximum Gasteiger partial charge on any atom is 0.354 e. The van der Waals surface area contributed by atoms with Crippen LogP contribution in [-0.2, 0) is 21.8 Å². The molecule has 0 bridgehead atoms. The number of esters is 1. The molecule has 0 saturated heterocycles. The van der Waals surface area contributed by atoms with E-state index < -0.39 is 16.0 Å². The van der Waals surface area contributed by atoms with Crippen LogP contribution in [0.5, 0.6) is 0 Å². The first-order chi connectivity index (χ1) is 11.9. The van der Waals surface area contributed by atoms with Crippen molar-refractivity contribution in [3.05, 3.63) is 42.4 Å². The number of aryl methyl sites for hydroxylation is 1. The number of carbonyl (C=O) groups excluding carboxylic acids is 1. The summed E-state index contributed by atoms with van der Waals surface area (Å²) in [6, 6.07) is 6.82. The van der Waals surface area contributed by atoms with Gasteiger partial charge in [0.2, 0.25) is 5.16 Å². The van der Waals surface area contributed by atoms with Crippen molar-refractivity contribution in [3.63, 3.8) is 0 Å². The number of H-pyrrole nitrogens is 1. The normalized spacial score (nSPS) is 11.6. The first kappa shape index (κ1) is 17.0. The van der Waals surface area contributed by atoms with Gasteiger partial charge in [0.25, 0.3) is 10.0 Å². The Morgan fingerprint density at radius 3 is 2.80 bits per heavy atom. The number of aromatic nitrogens is 3. The third-order valence-corrected chi connectivity index (χ3v) is 5.61. The summed E-state index contributed by atoms with van der Waals surface area (Å²) in [4.78, 5) is 18.8. The number of carbonyl (C=O) groups is 1. The zero-order chi connectivity index (χ0) is 18.2. The summed E-state index contributed by atoms with van der Waals surface area (Å²) in [5, 5.41) is 0.645. The molecule has 0 aliphatic carbocycles. The Kier molecular flexibility index (Phi) is 4.25. The van der Waals surface area contributed by atoms with Crippen LogP contribution in [-0.4, -0.2) is 42.6 Å². The number of nitrogens with one attached hydrogen (secondary N) is 1. The molecule has 2 heterocycles. The van der Waals surface area contributed by atoms with E-state index >= 15 is 0 Å². The molecule has 0 saturated carbocycles. The van der Waals surface area contributed by atoms with Crippen molar-refractivity contribution in [2.45, 2.75) is 12.1 Å². The third kappa shape index (κ3) is 2.86. The lowest BCUT2D eigenvalue weighted by Gasteiger charge is -2.19. The highest BCUT2D eigenvalue weighted by Gasteiger charge is 2.27. The average Bonchev–Trinajstić information content (AvgIpc) is 3.20. The maximum absolute atomic E-state index is 12.8. The lowest BCUT2D eigenvalue weighted by molar-refractivity contribution is 0.0520. The zero-order valence-electron chi connectivity index (χ0n) is 14.1. The molecule has 0 radical (unpaired) electrons. The van der Waals surface area contributed by atoms with Gasteiger partial charge in [0.1, 0.15) is 5.69 Å². The Morgan fingerprint density at radius 2 is 2.16 bits per heavy atom. The van der Waals surface area contributed by atoms with Gasteiger partial charge in [0.05, 0.1) is 17.8 Å². The summed E-state index contributed by atoms with van der Waals surface area (Å²) in [7, 11) is -0.782. The van der Waals surface area contributed by atoms with Crippen molar-refractivity contribution in [2.75, 3.05) is 18.0 Å². The van der Waals surface area contributed by atoms with E-state index in [1.165, 1.54) is 17.8 Å². The van der Waals surface area contributed by atoms with Gasteiger partial charge in [0.15, 0.2) is 0 Å². The van der Waals surface area contributed by atoms with Crippen LogP contribution in [0.25, 0.3) is 10.9 Å². The zero-order valence-corrected chi connectivity index (χ0v) is 14.9. The highest BCUT2D eigenvalue weighted by molar-refractivity contribution is 7.92. The Bertz CT molecular complexity index is 1040. The molecule has 25 heavy (non-hydrogen) atoms. The number of aromatic amines is 1. The second-order valence-corrected chi connectivity index (χ2v) is 7.30. The number of hydrogen-bond acceptors (Lipinski definition) is 5. The number of hydrogen-bond donors (Lipinski definition) is 1. The molecule has 132 valence electrons. The van der Waals surface area contributed by atoms with E-state index in [4.69, 9.17) is 4.74 Å². The van der Waals surface area contributed by atoms with Crippen LogP contribution >= 0.6 is 0 Å². The van der Waals surface area contributed by atoms with Gasteiger partial charge >= 0.3 is 5.97 Å². The van der Waals surface area contributed by atoms with Crippen molar-refractivity contribution in [1.82, 2.24) is 14.5 Å². The maximum atomic E-state index is 12.8. The fraction of sp³-hybridized carbons (Fsp3) is 0.250. The predicted molar refractivity (Wildman–Crippen MR) is 93.1 cm³/mol. The molecule has 2 aromatic heterocycles. The van der Waals surface area contributed by atoms with Crippen LogP contribution in [0, 0.1) is 0 Å². The second-order valence-electron chi connectivity index (χ2n) is 5.44. The summed E-state index contributed by atoms with van der Waals surface area (Å²) in [6.45, 7) is 1.98. The number of sulfonamides is 1. The van der Waals surface area contributed by atoms with Gasteiger partial charge in [-0.25, -0.2) is 9.78 Å². The van der Waals surface area contributed by atoms with Crippen molar-refractivity contribution in [1.29, 1.82) is 0 Å². The van der Waals surface area contributed by atoms with E-state index in [1.54, 1.807) is 44.4 Å². The van der Waals surface area contributed by atoms with Gasteiger partial charge in [-0.1, -0.05) is 12.1 Å². The Morgan fingerprint density at radius 1 is 1.40 bits per heavy atom. The van der Waals surface area contributed by atoms with Crippen molar-refractivity contribution < 1.29 is 17.9 Å². The molecule has 0 amide bonds. The lowest BCUT2D eigenvalue weighted by atomic mass is 10.2. The second kappa shape index (κ2) is 6.25. The minimum absolute atomic E-state index is 0.0656. The minimum Gasteiger partial charge on any atom is -0.461 e. The molecular formula is C16H18N4O4S. The van der Waals surface area contributed by atoms with Crippen molar-refractivity contribution in [3.8, 4) is 0 Å². The van der Waals surface area contributed by atoms with E-state index in [9.17, 15) is 13.2 Å². The van der Waals surface area contributed by atoms with Gasteiger partial charge in [-0.2, -0.15) is 8.42 Å². The minimum atomic E-state index is -3.84. The number of ether oxygens (including phenoxy) is 1. The molecule has 0 aliphatic rings. The van der Waals surface area contributed by atoms with E-state index in [0.717, 1.165) is 4.31 Å². The van der Waals surface area contributed by atoms with E-state index in [-0.39, 0.29) is 17.5 Å². The summed E-state index contributed by atoms with van der Waals surface area (Å²) < 4.78 is 33.2. The third-order valence-electron chi connectivity index (χ3n) is 3.84. The first-order valence-electron chi connectivity index (χ1n) is 7.61. The van der Waals surface area contributed by atoms with Crippen LogP contribution in [0.4, 0.5) is 5.69 Å². The predicted octanol–water partition coefficient (Wildman–Crippen LogP) is 1.90. The van der Waals surface area contributed by atoms with Gasteiger partial charge in [-0.15, -0.1) is 0 Å². The Hall–Kier alpha value is -2.81. The molecule has 1 N–H and O–H groups in total. The smallest absolute Gasteiger partial charge is 0.354 e. The number of rotatable bonds is 5. The molecule has 0 atom stereocenters. The topological polar surface area (TPSA) is 97.3 Å². The quantitative estimate of drug-likeness (QED) is 0.699. The van der Waals surface area contributed by atoms with Crippen molar-refractivity contribution in [2.24, 2.45) is 7.05 Å². The number of benzene rings is 1. The van der Waals surface area contributed by atoms with E-state index in [1.807, 2.05) is 0 Å². The largest absolute Gasteiger partial charge is 0.461 e. The molecule has 1 aromatic carbocycles. The molecular weight excluding hydrogens is 344 g/mol. The first-order valence-corrected chi connectivity index (χ1v) is 9.05. The molecule has 8 nitrogen and oxygen atoms in total. The standard InChI is InChI=1S/C16H18N4O4S/c1-4-24-15(21)12-10-11-6-5-7-13(14(11)18-12)20(3)25(22,23)16-17-8-9-19(16)2/h5-10,18H,4H2,1-3H3. The summed E-state index contributed by atoms with van der Waals surface area (Å²) in [6.07, 6.45) is 2.99. The fourth-order valence-electron chi connectivity index (χ4n) is 2.57. The number of para-hydroxylation sites is 1. The summed E-state index contributed by atoms with van der Waals surface area (Å²) in [5.74, 6) is -0.487. The summed E-state index contributed by atoms with van der Waals surface area (Å²) in [5.41, 5.74) is 1.22. The number of nitrogens with zero attached hydrogens (tertiary/aromatic N) is 3. The van der Waals surface area contributed by atoms with E-state index in [0.29, 0.717) is 16.6 Å². The van der Waals surface area contributed by atoms with Gasteiger partial charge in [-0.3, -0.25) is 4.31 Å². The molecule has 9 heteroatoms. The molecule has 3 rings (SSSR count). The van der Waals surface area contributed by atoms with Crippen LogP contribution < -0.4 is 4.31 Å². The number of imidazole rings is 1. The number of anilines is 1. The average molecular weight is 362 g/mol. The summed E-state index contributed by atoms with van der Waals surface area (Å²) >= 11 is 0. The van der Waals surface area contributed by atoms with Crippen LogP contribution in [0.2, 0.25) is 0 Å². The highest BCUT2D eigenvalue weighted by atomic mass is 32.2. The Labute approximate surface area is 145 Å². The number of fused-ring (bicyclic) bond motifs is 1. The SMILES string of the molecule is CCOC(=O)c1cc2cccc(N(C)S(=O)(=O)c3nccn3C)c2[nH]1. The highest BCUT2D eigenvalue weighted by Crippen LogP contribution is 2.29. The van der Waals surface area contributed by atoms with Crippen LogP contribution in [0.1, 0.15) is 17.4 Å². The lowest BCUT2D eigenvalue weighted by Crippen LogP contribution is -2.29. The van der Waals surface area contributed by atoms with E-state index in [2.05, 4.69) is 9.97 Å². The van der Waals surface area contributed by atoms with Gasteiger partial charge in [-0.05, 0) is 19.1 Å². The fourth-order valence-corrected chi connectivity index (χ4v) is 3.85.